The van der Waals surface area contributed by atoms with Gasteiger partial charge in [-0.3, -0.25) is 0 Å². The fraction of sp³-hybridized carbons (Fsp3) is 0. The Morgan fingerprint density at radius 3 is 1.29 bits per heavy atom. The van der Waals surface area contributed by atoms with Crippen molar-refractivity contribution in [3.05, 3.63) is 231 Å². The maximum absolute atomic E-state index is 6.86. The first-order valence-corrected chi connectivity index (χ1v) is 21.0. The average molecular weight is 795 g/mol. The Balaban J connectivity index is 0.942. The Labute approximate surface area is 358 Å². The second-order valence-electron chi connectivity index (χ2n) is 15.8. The van der Waals surface area contributed by atoms with Crippen molar-refractivity contribution in [1.82, 2.24) is 0 Å². The minimum Gasteiger partial charge on any atom is -0.456 e. The van der Waals surface area contributed by atoms with Crippen LogP contribution in [0.1, 0.15) is 0 Å². The largest absolute Gasteiger partial charge is 0.456 e. The predicted octanol–water partition coefficient (Wildman–Crippen LogP) is 16.9. The standard InChI is InChI=1S/C58H38N2O2/c1-5-14-39(15-6-1)41-24-28-47(29-25-41)59(45-18-9-3-10-19-45)49-32-33-50-52-34-43-35-53-51-22-13-23-54(58(51)62-56(53)37-44(43)36-55(52)61-57(50)38-49)60(46-20-11-4-12-21-46)48-30-26-42(27-31-48)40-16-7-2-8-17-40/h1-38H. The van der Waals surface area contributed by atoms with Crippen molar-refractivity contribution < 1.29 is 8.83 Å². The number of hydrogen-bond donors (Lipinski definition) is 0. The molecule has 0 aliphatic rings. The summed E-state index contributed by atoms with van der Waals surface area (Å²) in [5.74, 6) is 0. The van der Waals surface area contributed by atoms with E-state index in [-0.39, 0.29) is 0 Å². The Morgan fingerprint density at radius 2 is 0.694 bits per heavy atom. The van der Waals surface area contributed by atoms with E-state index in [1.54, 1.807) is 0 Å². The summed E-state index contributed by atoms with van der Waals surface area (Å²) >= 11 is 0. The van der Waals surface area contributed by atoms with E-state index in [9.17, 15) is 0 Å². The summed E-state index contributed by atoms with van der Waals surface area (Å²) in [5, 5.41) is 6.50. The van der Waals surface area contributed by atoms with Crippen LogP contribution < -0.4 is 9.80 Å². The Morgan fingerprint density at radius 1 is 0.258 bits per heavy atom. The molecule has 0 aliphatic heterocycles. The lowest BCUT2D eigenvalue weighted by atomic mass is 10.0. The monoisotopic (exact) mass is 794 g/mol. The van der Waals surface area contributed by atoms with Gasteiger partial charge in [-0.25, -0.2) is 0 Å². The maximum atomic E-state index is 6.86. The lowest BCUT2D eigenvalue weighted by Gasteiger charge is -2.25. The third-order valence-corrected chi connectivity index (χ3v) is 12.0. The van der Waals surface area contributed by atoms with E-state index in [4.69, 9.17) is 8.83 Å². The number of benzene rings is 10. The molecule has 0 fully saturated rings. The molecule has 12 rings (SSSR count). The van der Waals surface area contributed by atoms with Gasteiger partial charge in [-0.05, 0) is 124 Å². The van der Waals surface area contributed by atoms with Crippen LogP contribution in [0.25, 0.3) is 76.9 Å². The average Bonchev–Trinajstić information content (AvgIpc) is 3.89. The molecule has 10 aromatic carbocycles. The number of fused-ring (bicyclic) bond motifs is 7. The van der Waals surface area contributed by atoms with Gasteiger partial charge in [0.15, 0.2) is 5.58 Å². The molecule has 2 aromatic heterocycles. The zero-order chi connectivity index (χ0) is 41.0. The predicted molar refractivity (Wildman–Crippen MR) is 259 cm³/mol. The Kier molecular flexibility index (Phi) is 8.46. The molecule has 0 spiro atoms. The van der Waals surface area contributed by atoms with E-state index in [1.165, 1.54) is 22.3 Å². The zero-order valence-corrected chi connectivity index (χ0v) is 33.7. The summed E-state index contributed by atoms with van der Waals surface area (Å²) in [6.45, 7) is 0. The number of rotatable bonds is 8. The maximum Gasteiger partial charge on any atom is 0.159 e. The van der Waals surface area contributed by atoms with Gasteiger partial charge in [-0.2, -0.15) is 0 Å². The van der Waals surface area contributed by atoms with Crippen molar-refractivity contribution in [3.63, 3.8) is 0 Å². The summed E-state index contributed by atoms with van der Waals surface area (Å²) in [4.78, 5) is 4.57. The van der Waals surface area contributed by atoms with Crippen LogP contribution in [-0.4, -0.2) is 0 Å². The summed E-state index contributed by atoms with van der Waals surface area (Å²) in [5.41, 5.74) is 14.4. The molecule has 4 heteroatoms. The van der Waals surface area contributed by atoms with Gasteiger partial charge in [0.1, 0.15) is 16.7 Å². The fourth-order valence-corrected chi connectivity index (χ4v) is 9.00. The highest BCUT2D eigenvalue weighted by molar-refractivity contribution is 6.17. The van der Waals surface area contributed by atoms with E-state index in [0.29, 0.717) is 0 Å². The molecule has 0 N–H and O–H groups in total. The van der Waals surface area contributed by atoms with Gasteiger partial charge >= 0.3 is 0 Å². The second kappa shape index (κ2) is 14.7. The summed E-state index contributed by atoms with van der Waals surface area (Å²) in [6, 6.07) is 81.4. The lowest BCUT2D eigenvalue weighted by molar-refractivity contribution is 0.668. The highest BCUT2D eigenvalue weighted by atomic mass is 16.3. The van der Waals surface area contributed by atoms with Crippen LogP contribution in [0.5, 0.6) is 0 Å². The first kappa shape index (κ1) is 35.6. The molecule has 0 saturated heterocycles. The topological polar surface area (TPSA) is 32.8 Å². The molecule has 62 heavy (non-hydrogen) atoms. The van der Waals surface area contributed by atoms with Crippen LogP contribution >= 0.6 is 0 Å². The van der Waals surface area contributed by atoms with E-state index in [2.05, 4.69) is 240 Å². The van der Waals surface area contributed by atoms with Crippen LogP contribution in [0.15, 0.2) is 239 Å². The molecule has 0 atom stereocenters. The van der Waals surface area contributed by atoms with Gasteiger partial charge in [0.25, 0.3) is 0 Å². The molecule has 0 radical (unpaired) electrons. The first-order chi connectivity index (χ1) is 30.7. The first-order valence-electron chi connectivity index (χ1n) is 21.0. The molecule has 4 nitrogen and oxygen atoms in total. The number of anilines is 6. The van der Waals surface area contributed by atoms with Gasteiger partial charge in [0.05, 0.1) is 5.69 Å². The van der Waals surface area contributed by atoms with Gasteiger partial charge in [0.2, 0.25) is 0 Å². The molecule has 2 heterocycles. The molecular formula is C58H38N2O2. The lowest BCUT2D eigenvalue weighted by Crippen LogP contribution is -2.10. The van der Waals surface area contributed by atoms with Crippen LogP contribution in [0.4, 0.5) is 34.1 Å². The van der Waals surface area contributed by atoms with Crippen molar-refractivity contribution in [1.29, 1.82) is 0 Å². The van der Waals surface area contributed by atoms with E-state index >= 15 is 0 Å². The molecular weight excluding hydrogens is 757 g/mol. The van der Waals surface area contributed by atoms with Gasteiger partial charge < -0.3 is 18.6 Å². The minimum atomic E-state index is 0.835. The quantitative estimate of drug-likeness (QED) is 0.153. The highest BCUT2D eigenvalue weighted by Gasteiger charge is 2.21. The number of nitrogens with zero attached hydrogens (tertiary/aromatic N) is 2. The van der Waals surface area contributed by atoms with E-state index in [0.717, 1.165) is 88.8 Å². The normalized spacial score (nSPS) is 11.5. The summed E-state index contributed by atoms with van der Waals surface area (Å²) in [7, 11) is 0. The smallest absolute Gasteiger partial charge is 0.159 e. The van der Waals surface area contributed by atoms with Crippen molar-refractivity contribution in [3.8, 4) is 22.3 Å². The Bertz CT molecular complexity index is 3540. The van der Waals surface area contributed by atoms with Crippen LogP contribution in [-0.2, 0) is 0 Å². The van der Waals surface area contributed by atoms with Gasteiger partial charge in [-0.15, -0.1) is 0 Å². The zero-order valence-electron chi connectivity index (χ0n) is 33.7. The molecule has 292 valence electrons. The molecule has 0 unspecified atom stereocenters. The van der Waals surface area contributed by atoms with Gasteiger partial charge in [-0.1, -0.05) is 133 Å². The van der Waals surface area contributed by atoms with E-state index in [1.807, 2.05) is 0 Å². The fourth-order valence-electron chi connectivity index (χ4n) is 9.00. The van der Waals surface area contributed by atoms with Crippen LogP contribution in [0.3, 0.4) is 0 Å². The van der Waals surface area contributed by atoms with Gasteiger partial charge in [0, 0.05) is 56.0 Å². The van der Waals surface area contributed by atoms with Crippen molar-refractivity contribution in [2.45, 2.75) is 0 Å². The summed E-state index contributed by atoms with van der Waals surface area (Å²) in [6.07, 6.45) is 0. The van der Waals surface area contributed by atoms with Crippen molar-refractivity contribution >= 4 is 88.8 Å². The molecule has 0 aliphatic carbocycles. The van der Waals surface area contributed by atoms with Crippen LogP contribution in [0.2, 0.25) is 0 Å². The molecule has 0 saturated carbocycles. The Hall–Kier alpha value is -8.34. The highest BCUT2D eigenvalue weighted by Crippen LogP contribution is 2.45. The van der Waals surface area contributed by atoms with Crippen molar-refractivity contribution in [2.75, 3.05) is 9.80 Å². The third-order valence-electron chi connectivity index (χ3n) is 12.0. The summed E-state index contributed by atoms with van der Waals surface area (Å²) < 4.78 is 13.6. The number of furan rings is 2. The number of hydrogen-bond acceptors (Lipinski definition) is 4. The molecule has 12 aromatic rings. The van der Waals surface area contributed by atoms with Crippen molar-refractivity contribution in [2.24, 2.45) is 0 Å². The molecule has 0 amide bonds. The van der Waals surface area contributed by atoms with Crippen LogP contribution in [0, 0.1) is 0 Å². The minimum absolute atomic E-state index is 0.835. The number of para-hydroxylation sites is 3. The SMILES string of the molecule is c1ccc(-c2ccc(N(c3ccccc3)c3ccc4c(c3)oc3cc5cc6oc7c(N(c8ccccc8)c8ccc(-c9ccccc9)cc8)cccc7c6cc5cc34)cc2)cc1. The third kappa shape index (κ3) is 6.16. The second-order valence-corrected chi connectivity index (χ2v) is 15.8. The van der Waals surface area contributed by atoms with E-state index < -0.39 is 0 Å². The molecule has 0 bridgehead atoms.